The molecule has 0 aromatic heterocycles. The molecule has 1 aliphatic rings. The van der Waals surface area contributed by atoms with Crippen LogP contribution in [0.15, 0.2) is 40.9 Å². The van der Waals surface area contributed by atoms with E-state index in [1.165, 1.54) is 36.0 Å². The van der Waals surface area contributed by atoms with Gasteiger partial charge in [0.25, 0.3) is 0 Å². The molecule has 3 heteroatoms. The van der Waals surface area contributed by atoms with Crippen LogP contribution in [0.1, 0.15) is 23.1 Å². The van der Waals surface area contributed by atoms with Gasteiger partial charge in [0.1, 0.15) is 11.5 Å². The van der Waals surface area contributed by atoms with Gasteiger partial charge in [-0.25, -0.2) is 0 Å². The fourth-order valence-electron chi connectivity index (χ4n) is 2.69. The minimum Gasteiger partial charge on any atom is -0.456 e. The highest BCUT2D eigenvalue weighted by Crippen LogP contribution is 2.33. The van der Waals surface area contributed by atoms with Gasteiger partial charge in [-0.05, 0) is 89.1 Å². The first-order valence-corrected chi connectivity index (χ1v) is 7.84. The van der Waals surface area contributed by atoms with Crippen molar-refractivity contribution in [3.05, 3.63) is 57.6 Å². The van der Waals surface area contributed by atoms with Gasteiger partial charge in [0.05, 0.1) is 4.47 Å². The van der Waals surface area contributed by atoms with Gasteiger partial charge >= 0.3 is 0 Å². The second-order valence-electron chi connectivity index (χ2n) is 5.19. The lowest BCUT2D eigenvalue weighted by molar-refractivity contribution is 0.479. The molecule has 2 N–H and O–H groups in total. The molecule has 0 unspecified atom stereocenters. The molecule has 0 heterocycles. The normalized spacial score (nSPS) is 13.3. The Morgan fingerprint density at radius 2 is 1.90 bits per heavy atom. The molecule has 0 spiro atoms. The van der Waals surface area contributed by atoms with E-state index in [4.69, 9.17) is 10.5 Å². The van der Waals surface area contributed by atoms with Gasteiger partial charge in [-0.2, -0.15) is 0 Å². The Hall–Kier alpha value is -1.32. The predicted octanol–water partition coefficient (Wildman–Crippen LogP) is 4.23. The van der Waals surface area contributed by atoms with Crippen molar-refractivity contribution in [1.29, 1.82) is 0 Å². The molecule has 2 nitrogen and oxygen atoms in total. The van der Waals surface area contributed by atoms with Crippen LogP contribution in [0.3, 0.4) is 0 Å². The predicted molar refractivity (Wildman–Crippen MR) is 85.4 cm³/mol. The maximum atomic E-state index is 5.99. The van der Waals surface area contributed by atoms with Crippen molar-refractivity contribution in [2.24, 2.45) is 5.73 Å². The van der Waals surface area contributed by atoms with Crippen LogP contribution in [-0.2, 0) is 19.3 Å². The quantitative estimate of drug-likeness (QED) is 0.909. The van der Waals surface area contributed by atoms with Crippen molar-refractivity contribution in [1.82, 2.24) is 0 Å². The topological polar surface area (TPSA) is 35.2 Å². The molecule has 0 atom stereocenters. The van der Waals surface area contributed by atoms with Crippen molar-refractivity contribution in [2.45, 2.75) is 25.7 Å². The number of halogens is 1. The highest BCUT2D eigenvalue weighted by atomic mass is 79.9. The van der Waals surface area contributed by atoms with E-state index in [1.807, 2.05) is 6.07 Å². The molecular formula is C17H18BrNO. The van der Waals surface area contributed by atoms with Gasteiger partial charge in [-0.15, -0.1) is 0 Å². The summed E-state index contributed by atoms with van der Waals surface area (Å²) in [5, 5.41) is 0. The summed E-state index contributed by atoms with van der Waals surface area (Å²) in [5.74, 6) is 1.77. The summed E-state index contributed by atoms with van der Waals surface area (Å²) in [6.07, 6.45) is 4.52. The highest BCUT2D eigenvalue weighted by Gasteiger charge is 2.12. The largest absolute Gasteiger partial charge is 0.456 e. The molecule has 0 radical (unpaired) electrons. The Morgan fingerprint density at radius 3 is 2.70 bits per heavy atom. The van der Waals surface area contributed by atoms with Crippen LogP contribution in [0.2, 0.25) is 0 Å². The van der Waals surface area contributed by atoms with Gasteiger partial charge in [-0.1, -0.05) is 12.1 Å². The van der Waals surface area contributed by atoms with E-state index in [0.29, 0.717) is 6.54 Å². The third-order valence-corrected chi connectivity index (χ3v) is 4.35. The maximum absolute atomic E-state index is 5.99. The van der Waals surface area contributed by atoms with Crippen molar-refractivity contribution in [2.75, 3.05) is 6.54 Å². The zero-order chi connectivity index (χ0) is 13.9. The number of benzene rings is 2. The Morgan fingerprint density at radius 1 is 1.05 bits per heavy atom. The molecule has 0 amide bonds. The van der Waals surface area contributed by atoms with E-state index in [1.54, 1.807) is 0 Å². The molecule has 20 heavy (non-hydrogen) atoms. The molecule has 104 valence electrons. The van der Waals surface area contributed by atoms with Crippen LogP contribution < -0.4 is 10.5 Å². The van der Waals surface area contributed by atoms with E-state index in [2.05, 4.69) is 46.3 Å². The third kappa shape index (κ3) is 2.89. The van der Waals surface area contributed by atoms with Crippen LogP contribution in [0.25, 0.3) is 0 Å². The van der Waals surface area contributed by atoms with Crippen molar-refractivity contribution in [3.8, 4) is 11.5 Å². The fraction of sp³-hybridized carbons (Fsp3) is 0.294. The molecule has 0 fully saturated rings. The molecule has 0 saturated carbocycles. The van der Waals surface area contributed by atoms with E-state index in [-0.39, 0.29) is 0 Å². The number of ether oxygens (including phenoxy) is 1. The van der Waals surface area contributed by atoms with E-state index >= 15 is 0 Å². The number of aryl methyl sites for hydroxylation is 2. The van der Waals surface area contributed by atoms with Gasteiger partial charge in [0.2, 0.25) is 0 Å². The summed E-state index contributed by atoms with van der Waals surface area (Å²) in [6, 6.07) is 12.6. The van der Waals surface area contributed by atoms with Crippen molar-refractivity contribution >= 4 is 15.9 Å². The molecule has 0 saturated heterocycles. The summed E-state index contributed by atoms with van der Waals surface area (Å²) in [6.45, 7) is 0.664. The van der Waals surface area contributed by atoms with Gasteiger partial charge in [0.15, 0.2) is 0 Å². The maximum Gasteiger partial charge on any atom is 0.141 e. The Kier molecular flexibility index (Phi) is 4.08. The fourth-order valence-corrected chi connectivity index (χ4v) is 3.20. The Bertz CT molecular complexity index is 624. The molecule has 1 aliphatic carbocycles. The van der Waals surface area contributed by atoms with Crippen LogP contribution in [-0.4, -0.2) is 6.54 Å². The standard InChI is InChI=1S/C17H18BrNO/c18-16-10-12(8-9-19)4-7-17(16)20-15-6-5-13-2-1-3-14(13)11-15/h4-7,10-11H,1-3,8-9,19H2. The number of fused-ring (bicyclic) bond motifs is 1. The van der Waals surface area contributed by atoms with E-state index in [9.17, 15) is 0 Å². The van der Waals surface area contributed by atoms with E-state index < -0.39 is 0 Å². The first-order valence-electron chi connectivity index (χ1n) is 7.04. The van der Waals surface area contributed by atoms with E-state index in [0.717, 1.165) is 22.4 Å². The zero-order valence-corrected chi connectivity index (χ0v) is 12.9. The van der Waals surface area contributed by atoms with Gasteiger partial charge in [0, 0.05) is 0 Å². The van der Waals surface area contributed by atoms with Gasteiger partial charge in [-0.3, -0.25) is 0 Å². The SMILES string of the molecule is NCCc1ccc(Oc2ccc3c(c2)CCC3)c(Br)c1. The average Bonchev–Trinajstić information content (AvgIpc) is 2.90. The third-order valence-electron chi connectivity index (χ3n) is 3.73. The average molecular weight is 332 g/mol. The first-order chi connectivity index (χ1) is 9.76. The van der Waals surface area contributed by atoms with Gasteiger partial charge < -0.3 is 10.5 Å². The van der Waals surface area contributed by atoms with Crippen LogP contribution in [0, 0.1) is 0 Å². The van der Waals surface area contributed by atoms with Crippen molar-refractivity contribution < 1.29 is 4.74 Å². The summed E-state index contributed by atoms with van der Waals surface area (Å²) in [7, 11) is 0. The smallest absolute Gasteiger partial charge is 0.141 e. The molecule has 2 aromatic carbocycles. The summed E-state index contributed by atoms with van der Waals surface area (Å²) in [4.78, 5) is 0. The summed E-state index contributed by atoms with van der Waals surface area (Å²) in [5.41, 5.74) is 9.70. The lowest BCUT2D eigenvalue weighted by atomic mass is 10.1. The molecule has 0 aliphatic heterocycles. The Balaban J connectivity index is 1.80. The number of hydrogen-bond donors (Lipinski definition) is 1. The molecule has 0 bridgehead atoms. The van der Waals surface area contributed by atoms with Crippen LogP contribution >= 0.6 is 15.9 Å². The molecule has 3 rings (SSSR count). The second kappa shape index (κ2) is 5.98. The highest BCUT2D eigenvalue weighted by molar-refractivity contribution is 9.10. The summed E-state index contributed by atoms with van der Waals surface area (Å²) >= 11 is 3.57. The number of rotatable bonds is 4. The van der Waals surface area contributed by atoms with Crippen LogP contribution in [0.4, 0.5) is 0 Å². The molecule has 2 aromatic rings. The van der Waals surface area contributed by atoms with Crippen LogP contribution in [0.5, 0.6) is 11.5 Å². The summed E-state index contributed by atoms with van der Waals surface area (Å²) < 4.78 is 6.97. The minimum atomic E-state index is 0.664. The first kappa shape index (κ1) is 13.7. The lowest BCUT2D eigenvalue weighted by Crippen LogP contribution is -2.02. The minimum absolute atomic E-state index is 0.664. The zero-order valence-electron chi connectivity index (χ0n) is 11.4. The number of nitrogens with two attached hydrogens (primary N) is 1. The van der Waals surface area contributed by atoms with Crippen molar-refractivity contribution in [3.63, 3.8) is 0 Å². The monoisotopic (exact) mass is 331 g/mol. The lowest BCUT2D eigenvalue weighted by Gasteiger charge is -2.10. The Labute approximate surface area is 128 Å². The number of hydrogen-bond acceptors (Lipinski definition) is 2. The molecular weight excluding hydrogens is 314 g/mol. The second-order valence-corrected chi connectivity index (χ2v) is 6.04.